The minimum Gasteiger partial charge on any atom is -0.480 e. The molecule has 2 N–H and O–H groups in total. The number of carboxylic acid groups (broad SMARTS) is 1. The Morgan fingerprint density at radius 3 is 2.35 bits per heavy atom. The van der Waals surface area contributed by atoms with Crippen molar-refractivity contribution in [2.24, 2.45) is 0 Å². The van der Waals surface area contributed by atoms with Crippen LogP contribution in [0.3, 0.4) is 0 Å². The third kappa shape index (κ3) is 3.04. The molecule has 1 aliphatic carbocycles. The molecule has 17 heavy (non-hydrogen) atoms. The van der Waals surface area contributed by atoms with Crippen molar-refractivity contribution in [3.63, 3.8) is 0 Å². The summed E-state index contributed by atoms with van der Waals surface area (Å²) in [6.45, 7) is -0.604. The molecule has 1 saturated carbocycles. The van der Waals surface area contributed by atoms with E-state index in [0.29, 0.717) is 5.92 Å². The molecule has 0 heterocycles. The van der Waals surface area contributed by atoms with Crippen molar-refractivity contribution in [1.29, 1.82) is 0 Å². The molecule has 1 fully saturated rings. The maximum atomic E-state index is 11.7. The highest BCUT2D eigenvalue weighted by Crippen LogP contribution is 2.40. The number of carbonyl (C=O) groups is 1. The van der Waals surface area contributed by atoms with Gasteiger partial charge in [-0.15, -0.1) is 0 Å². The van der Waals surface area contributed by atoms with Crippen LogP contribution in [0.4, 0.5) is 0 Å². The number of carboxylic acids is 1. The molecule has 0 bridgehead atoms. The maximum absolute atomic E-state index is 11.7. The molecule has 0 spiro atoms. The van der Waals surface area contributed by atoms with Crippen molar-refractivity contribution < 1.29 is 18.3 Å². The van der Waals surface area contributed by atoms with Crippen LogP contribution in [-0.2, 0) is 14.8 Å². The number of sulfonamides is 1. The molecule has 1 aliphatic rings. The second-order valence-corrected chi connectivity index (χ2v) is 5.83. The quantitative estimate of drug-likeness (QED) is 0.819. The van der Waals surface area contributed by atoms with Crippen LogP contribution in [0.5, 0.6) is 0 Å². The molecule has 0 aromatic heterocycles. The van der Waals surface area contributed by atoms with E-state index < -0.39 is 22.5 Å². The van der Waals surface area contributed by atoms with Crippen LogP contribution in [0.2, 0.25) is 0 Å². The van der Waals surface area contributed by atoms with Gasteiger partial charge in [-0.25, -0.2) is 8.42 Å². The number of hydrogen-bond donors (Lipinski definition) is 2. The Kier molecular flexibility index (Phi) is 3.17. The Morgan fingerprint density at radius 1 is 1.29 bits per heavy atom. The van der Waals surface area contributed by atoms with Gasteiger partial charge in [0.15, 0.2) is 0 Å². The van der Waals surface area contributed by atoms with Crippen molar-refractivity contribution in [2.75, 3.05) is 6.54 Å². The topological polar surface area (TPSA) is 83.5 Å². The molecule has 1 aromatic rings. The third-order valence-corrected chi connectivity index (χ3v) is 4.07. The van der Waals surface area contributed by atoms with E-state index in [0.717, 1.165) is 18.4 Å². The zero-order valence-corrected chi connectivity index (χ0v) is 9.90. The summed E-state index contributed by atoms with van der Waals surface area (Å²) in [7, 11) is -3.71. The average Bonchev–Trinajstić information content (AvgIpc) is 3.11. The monoisotopic (exact) mass is 255 g/mol. The van der Waals surface area contributed by atoms with Gasteiger partial charge >= 0.3 is 5.97 Å². The van der Waals surface area contributed by atoms with Gasteiger partial charge in [-0.2, -0.15) is 4.72 Å². The van der Waals surface area contributed by atoms with E-state index in [1.54, 1.807) is 12.1 Å². The summed E-state index contributed by atoms with van der Waals surface area (Å²) in [4.78, 5) is 10.4. The smallest absolute Gasteiger partial charge is 0.318 e. The molecular weight excluding hydrogens is 242 g/mol. The highest BCUT2D eigenvalue weighted by atomic mass is 32.2. The van der Waals surface area contributed by atoms with Crippen LogP contribution in [0, 0.1) is 0 Å². The molecule has 0 aliphatic heterocycles. The summed E-state index contributed by atoms with van der Waals surface area (Å²) in [5, 5.41) is 8.42. The highest BCUT2D eigenvalue weighted by Gasteiger charge is 2.24. The molecule has 0 radical (unpaired) electrons. The second kappa shape index (κ2) is 4.46. The first-order chi connectivity index (χ1) is 7.99. The van der Waals surface area contributed by atoms with E-state index in [-0.39, 0.29) is 4.90 Å². The molecule has 5 nitrogen and oxygen atoms in total. The lowest BCUT2D eigenvalue weighted by molar-refractivity contribution is -0.135. The summed E-state index contributed by atoms with van der Waals surface area (Å²) in [5.41, 5.74) is 1.14. The van der Waals surface area contributed by atoms with Crippen molar-refractivity contribution in [1.82, 2.24) is 4.72 Å². The van der Waals surface area contributed by atoms with Crippen LogP contribution >= 0.6 is 0 Å². The number of benzene rings is 1. The molecule has 0 unspecified atom stereocenters. The van der Waals surface area contributed by atoms with E-state index >= 15 is 0 Å². The molecule has 1 aromatic carbocycles. The van der Waals surface area contributed by atoms with Crippen molar-refractivity contribution in [3.8, 4) is 0 Å². The normalized spacial score (nSPS) is 15.8. The number of nitrogens with one attached hydrogen (secondary N) is 1. The number of aliphatic carboxylic acids is 1. The molecular formula is C11H13NO4S. The Balaban J connectivity index is 2.12. The van der Waals surface area contributed by atoms with E-state index in [4.69, 9.17) is 5.11 Å². The summed E-state index contributed by atoms with van der Waals surface area (Å²) >= 11 is 0. The zero-order chi connectivity index (χ0) is 12.5. The summed E-state index contributed by atoms with van der Waals surface area (Å²) in [6.07, 6.45) is 2.31. The fourth-order valence-corrected chi connectivity index (χ4v) is 2.55. The summed E-state index contributed by atoms with van der Waals surface area (Å²) in [6, 6.07) is 6.59. The lowest BCUT2D eigenvalue weighted by Crippen LogP contribution is -2.29. The van der Waals surface area contributed by atoms with Gasteiger partial charge in [-0.1, -0.05) is 12.1 Å². The van der Waals surface area contributed by atoms with Gasteiger partial charge in [0.1, 0.15) is 6.54 Å². The van der Waals surface area contributed by atoms with E-state index in [1.165, 1.54) is 12.1 Å². The Hall–Kier alpha value is -1.40. The Bertz CT molecular complexity index is 517. The van der Waals surface area contributed by atoms with E-state index in [2.05, 4.69) is 0 Å². The average molecular weight is 255 g/mol. The minimum absolute atomic E-state index is 0.100. The summed E-state index contributed by atoms with van der Waals surface area (Å²) in [5.74, 6) is -0.637. The second-order valence-electron chi connectivity index (χ2n) is 4.06. The third-order valence-electron chi connectivity index (χ3n) is 2.65. The van der Waals surface area contributed by atoms with Crippen LogP contribution in [0.1, 0.15) is 24.3 Å². The zero-order valence-electron chi connectivity index (χ0n) is 9.09. The molecule has 0 atom stereocenters. The van der Waals surface area contributed by atoms with Crippen LogP contribution in [0.15, 0.2) is 29.2 Å². The van der Waals surface area contributed by atoms with Gasteiger partial charge in [0.25, 0.3) is 0 Å². The van der Waals surface area contributed by atoms with E-state index in [9.17, 15) is 13.2 Å². The summed E-state index contributed by atoms with van der Waals surface area (Å²) < 4.78 is 25.3. The molecule has 2 rings (SSSR count). The first kappa shape index (κ1) is 12.1. The minimum atomic E-state index is -3.71. The lowest BCUT2D eigenvalue weighted by Gasteiger charge is -2.05. The standard InChI is InChI=1S/C11H13NO4S/c13-11(14)7-12-17(15,16)10-5-3-9(4-6-10)8-1-2-8/h3-6,8,12H,1-2,7H2,(H,13,14). The van der Waals surface area contributed by atoms with Gasteiger partial charge in [0.2, 0.25) is 10.0 Å². The van der Waals surface area contributed by atoms with Crippen molar-refractivity contribution in [2.45, 2.75) is 23.7 Å². The van der Waals surface area contributed by atoms with Gasteiger partial charge in [0.05, 0.1) is 4.90 Å². The highest BCUT2D eigenvalue weighted by molar-refractivity contribution is 7.89. The van der Waals surface area contributed by atoms with Crippen LogP contribution in [0.25, 0.3) is 0 Å². The van der Waals surface area contributed by atoms with E-state index in [1.807, 2.05) is 4.72 Å². The fraction of sp³-hybridized carbons (Fsp3) is 0.364. The van der Waals surface area contributed by atoms with Crippen molar-refractivity contribution >= 4 is 16.0 Å². The Labute approximate surface area is 99.5 Å². The van der Waals surface area contributed by atoms with Crippen molar-refractivity contribution in [3.05, 3.63) is 29.8 Å². The number of hydrogen-bond acceptors (Lipinski definition) is 3. The fourth-order valence-electron chi connectivity index (χ4n) is 1.58. The molecule has 0 amide bonds. The maximum Gasteiger partial charge on any atom is 0.318 e. The Morgan fingerprint density at radius 2 is 1.88 bits per heavy atom. The van der Waals surface area contributed by atoms with Gasteiger partial charge in [-0.05, 0) is 36.5 Å². The van der Waals surface area contributed by atoms with Gasteiger partial charge in [-0.3, -0.25) is 4.79 Å². The van der Waals surface area contributed by atoms with Gasteiger partial charge < -0.3 is 5.11 Å². The lowest BCUT2D eigenvalue weighted by atomic mass is 10.1. The predicted octanol–water partition coefficient (Wildman–Crippen LogP) is 0.927. The number of rotatable bonds is 5. The van der Waals surface area contributed by atoms with Crippen LogP contribution in [-0.4, -0.2) is 26.0 Å². The molecule has 6 heteroatoms. The largest absolute Gasteiger partial charge is 0.480 e. The SMILES string of the molecule is O=C(O)CNS(=O)(=O)c1ccc(C2CC2)cc1. The first-order valence-corrected chi connectivity index (χ1v) is 6.79. The molecule has 0 saturated heterocycles. The first-order valence-electron chi connectivity index (χ1n) is 5.30. The van der Waals surface area contributed by atoms with Crippen LogP contribution < -0.4 is 4.72 Å². The van der Waals surface area contributed by atoms with Gasteiger partial charge in [0, 0.05) is 0 Å². The molecule has 92 valence electrons. The predicted molar refractivity (Wildman–Crippen MR) is 61.2 cm³/mol.